The van der Waals surface area contributed by atoms with Gasteiger partial charge in [-0.05, 0) is 57.6 Å². The number of hydrogen-bond acceptors (Lipinski definition) is 4. The lowest BCUT2D eigenvalue weighted by atomic mass is 10.1. The molecule has 0 unspecified atom stereocenters. The first-order valence-corrected chi connectivity index (χ1v) is 10.9. The van der Waals surface area contributed by atoms with Gasteiger partial charge >= 0.3 is 0 Å². The number of nitrogens with zero attached hydrogens (tertiary/aromatic N) is 5. The normalized spacial score (nSPS) is 16.9. The lowest BCUT2D eigenvalue weighted by Crippen LogP contribution is -2.40. The molecule has 1 aliphatic heterocycles. The number of carbonyl (C=O) groups is 1. The summed E-state index contributed by atoms with van der Waals surface area (Å²) in [6, 6.07) is 6.11. The predicted molar refractivity (Wildman–Crippen MR) is 115 cm³/mol. The van der Waals surface area contributed by atoms with Crippen molar-refractivity contribution in [2.24, 2.45) is 0 Å². The summed E-state index contributed by atoms with van der Waals surface area (Å²) in [6.45, 7) is 5.60. The second-order valence-electron chi connectivity index (χ2n) is 8.67. The zero-order chi connectivity index (χ0) is 20.8. The molecule has 0 spiro atoms. The average Bonchev–Trinajstić information content (AvgIpc) is 3.49. The number of fused-ring (bicyclic) bond motifs is 1. The number of benzene rings is 1. The van der Waals surface area contributed by atoms with Crippen LogP contribution in [0.2, 0.25) is 0 Å². The maximum atomic E-state index is 13.4. The molecule has 0 radical (unpaired) electrons. The number of carbonyl (C=O) groups excluding carboxylic acids is 1. The number of piperidine rings is 1. The van der Waals surface area contributed by atoms with Crippen LogP contribution < -0.4 is 5.56 Å². The Morgan fingerprint density at radius 2 is 1.90 bits per heavy atom. The zero-order valence-electron chi connectivity index (χ0n) is 17.6. The molecule has 0 N–H and O–H groups in total. The van der Waals surface area contributed by atoms with Crippen molar-refractivity contribution in [3.63, 3.8) is 0 Å². The van der Waals surface area contributed by atoms with Crippen LogP contribution in [-0.4, -0.2) is 43.5 Å². The van der Waals surface area contributed by atoms with E-state index in [0.717, 1.165) is 73.1 Å². The number of aromatic nitrogens is 4. The lowest BCUT2D eigenvalue weighted by molar-refractivity contribution is -0.133. The molecule has 3 heterocycles. The van der Waals surface area contributed by atoms with E-state index in [-0.39, 0.29) is 18.0 Å². The van der Waals surface area contributed by atoms with E-state index >= 15 is 0 Å². The van der Waals surface area contributed by atoms with Gasteiger partial charge in [0.05, 0.1) is 17.6 Å². The summed E-state index contributed by atoms with van der Waals surface area (Å²) >= 11 is 0. The van der Waals surface area contributed by atoms with Gasteiger partial charge in [-0.25, -0.2) is 9.36 Å². The highest BCUT2D eigenvalue weighted by molar-refractivity contribution is 5.83. The standard InChI is InChI=1S/C23H27N5O2/c1-15-6-9-19(16(2)12-15)28-22-18(13-24-28)21(17-7-8-17)25-27(23(22)30)14-20(29)26-10-4-3-5-11-26/h6,9,12-13,17H,3-5,7-8,10-11,14H2,1-2H3. The molecule has 0 atom stereocenters. The third-order valence-corrected chi connectivity index (χ3v) is 6.25. The van der Waals surface area contributed by atoms with E-state index in [4.69, 9.17) is 0 Å². The molecule has 2 fully saturated rings. The van der Waals surface area contributed by atoms with Crippen molar-refractivity contribution in [2.75, 3.05) is 13.1 Å². The highest BCUT2D eigenvalue weighted by atomic mass is 16.2. The Balaban J connectivity index is 1.62. The Bertz CT molecular complexity index is 1180. The molecule has 1 saturated carbocycles. The van der Waals surface area contributed by atoms with E-state index in [2.05, 4.69) is 16.3 Å². The highest BCUT2D eigenvalue weighted by Crippen LogP contribution is 2.41. The van der Waals surface area contributed by atoms with Gasteiger partial charge in [-0.15, -0.1) is 0 Å². The third-order valence-electron chi connectivity index (χ3n) is 6.25. The average molecular weight is 406 g/mol. The molecule has 1 saturated heterocycles. The van der Waals surface area contributed by atoms with Gasteiger partial charge in [0.2, 0.25) is 5.91 Å². The summed E-state index contributed by atoms with van der Waals surface area (Å²) < 4.78 is 3.09. The lowest BCUT2D eigenvalue weighted by Gasteiger charge is -2.26. The van der Waals surface area contributed by atoms with Crippen LogP contribution in [0.5, 0.6) is 0 Å². The first-order valence-electron chi connectivity index (χ1n) is 10.9. The van der Waals surface area contributed by atoms with Crippen molar-refractivity contribution in [1.82, 2.24) is 24.5 Å². The Morgan fingerprint density at radius 1 is 1.13 bits per heavy atom. The Labute approximate surface area is 175 Å². The summed E-state index contributed by atoms with van der Waals surface area (Å²) in [5.41, 5.74) is 4.27. The maximum absolute atomic E-state index is 13.4. The van der Waals surface area contributed by atoms with Gasteiger partial charge in [0.15, 0.2) is 0 Å². The molecule has 1 aromatic carbocycles. The van der Waals surface area contributed by atoms with Crippen molar-refractivity contribution in [2.45, 2.75) is 58.4 Å². The van der Waals surface area contributed by atoms with Crippen LogP contribution in [0.3, 0.4) is 0 Å². The predicted octanol–water partition coefficient (Wildman–Crippen LogP) is 3.09. The van der Waals surface area contributed by atoms with Crippen LogP contribution in [0.15, 0.2) is 29.2 Å². The van der Waals surface area contributed by atoms with Gasteiger partial charge in [0, 0.05) is 24.4 Å². The molecular formula is C23H27N5O2. The summed E-state index contributed by atoms with van der Waals surface area (Å²) in [4.78, 5) is 28.1. The largest absolute Gasteiger partial charge is 0.341 e. The molecule has 156 valence electrons. The molecule has 7 heteroatoms. The van der Waals surface area contributed by atoms with Gasteiger partial charge in [-0.2, -0.15) is 10.2 Å². The van der Waals surface area contributed by atoms with Gasteiger partial charge in [-0.3, -0.25) is 9.59 Å². The highest BCUT2D eigenvalue weighted by Gasteiger charge is 2.31. The maximum Gasteiger partial charge on any atom is 0.293 e. The smallest absolute Gasteiger partial charge is 0.293 e. The monoisotopic (exact) mass is 405 g/mol. The minimum atomic E-state index is -0.253. The van der Waals surface area contributed by atoms with E-state index < -0.39 is 0 Å². The fraction of sp³-hybridized carbons (Fsp3) is 0.478. The molecular weight excluding hydrogens is 378 g/mol. The number of amides is 1. The quantitative estimate of drug-likeness (QED) is 0.669. The van der Waals surface area contributed by atoms with Crippen molar-refractivity contribution in [3.8, 4) is 5.69 Å². The minimum Gasteiger partial charge on any atom is -0.341 e. The Hall–Kier alpha value is -2.96. The Kier molecular flexibility index (Phi) is 4.68. The number of hydrogen-bond donors (Lipinski definition) is 0. The molecule has 5 rings (SSSR count). The topological polar surface area (TPSA) is 73.0 Å². The van der Waals surface area contributed by atoms with Gasteiger partial charge in [0.25, 0.3) is 5.56 Å². The Morgan fingerprint density at radius 3 is 2.60 bits per heavy atom. The number of aryl methyl sites for hydroxylation is 2. The van der Waals surface area contributed by atoms with E-state index in [1.165, 1.54) is 4.68 Å². The van der Waals surface area contributed by atoms with Crippen LogP contribution in [0.4, 0.5) is 0 Å². The summed E-state index contributed by atoms with van der Waals surface area (Å²) in [5.74, 6) is 0.323. The summed E-state index contributed by atoms with van der Waals surface area (Å²) in [6.07, 6.45) is 7.10. The van der Waals surface area contributed by atoms with Crippen LogP contribution in [0.25, 0.3) is 16.6 Å². The molecule has 7 nitrogen and oxygen atoms in total. The van der Waals surface area contributed by atoms with Crippen LogP contribution in [0, 0.1) is 13.8 Å². The molecule has 1 amide bonds. The first-order chi connectivity index (χ1) is 14.5. The molecule has 2 aliphatic rings. The molecule has 3 aromatic rings. The van der Waals surface area contributed by atoms with E-state index in [9.17, 15) is 9.59 Å². The summed E-state index contributed by atoms with van der Waals surface area (Å²) in [5, 5.41) is 10.0. The van der Waals surface area contributed by atoms with E-state index in [1.54, 1.807) is 10.9 Å². The van der Waals surface area contributed by atoms with Crippen LogP contribution in [-0.2, 0) is 11.3 Å². The number of likely N-dealkylation sites (tertiary alicyclic amines) is 1. The third kappa shape index (κ3) is 3.32. The SMILES string of the molecule is Cc1ccc(-n2ncc3c(C4CC4)nn(CC(=O)N4CCCCC4)c(=O)c32)c(C)c1. The van der Waals surface area contributed by atoms with Crippen molar-refractivity contribution < 1.29 is 4.79 Å². The van der Waals surface area contributed by atoms with Crippen molar-refractivity contribution >= 4 is 16.8 Å². The van der Waals surface area contributed by atoms with Crippen LogP contribution >= 0.6 is 0 Å². The van der Waals surface area contributed by atoms with Gasteiger partial charge < -0.3 is 4.90 Å². The van der Waals surface area contributed by atoms with Gasteiger partial charge in [-0.1, -0.05) is 17.7 Å². The fourth-order valence-corrected chi connectivity index (χ4v) is 4.46. The second kappa shape index (κ2) is 7.38. The van der Waals surface area contributed by atoms with E-state index in [0.29, 0.717) is 11.4 Å². The molecule has 30 heavy (non-hydrogen) atoms. The second-order valence-corrected chi connectivity index (χ2v) is 8.67. The zero-order valence-corrected chi connectivity index (χ0v) is 17.6. The van der Waals surface area contributed by atoms with Gasteiger partial charge in [0.1, 0.15) is 12.1 Å². The molecule has 1 aliphatic carbocycles. The van der Waals surface area contributed by atoms with Crippen LogP contribution in [0.1, 0.15) is 54.8 Å². The molecule has 0 bridgehead atoms. The molecule has 2 aromatic heterocycles. The summed E-state index contributed by atoms with van der Waals surface area (Å²) in [7, 11) is 0. The van der Waals surface area contributed by atoms with Crippen molar-refractivity contribution in [3.05, 3.63) is 51.6 Å². The number of rotatable bonds is 4. The minimum absolute atomic E-state index is 0.00739. The fourth-order valence-electron chi connectivity index (χ4n) is 4.46. The first kappa shape index (κ1) is 19.0. The van der Waals surface area contributed by atoms with E-state index in [1.807, 2.05) is 30.9 Å². The van der Waals surface area contributed by atoms with Crippen molar-refractivity contribution in [1.29, 1.82) is 0 Å².